The van der Waals surface area contributed by atoms with Gasteiger partial charge in [0.1, 0.15) is 5.82 Å². The van der Waals surface area contributed by atoms with Crippen LogP contribution in [0.2, 0.25) is 0 Å². The van der Waals surface area contributed by atoms with Crippen molar-refractivity contribution in [3.63, 3.8) is 0 Å². The van der Waals surface area contributed by atoms with Gasteiger partial charge in [-0.25, -0.2) is 4.98 Å². The zero-order chi connectivity index (χ0) is 15.2. The molecule has 0 aliphatic carbocycles. The van der Waals surface area contributed by atoms with Gasteiger partial charge in [-0.15, -0.1) is 0 Å². The van der Waals surface area contributed by atoms with E-state index in [-0.39, 0.29) is 5.91 Å². The van der Waals surface area contributed by atoms with Crippen LogP contribution in [0.15, 0.2) is 36.5 Å². The molecule has 1 aromatic carbocycles. The molecule has 0 saturated heterocycles. The van der Waals surface area contributed by atoms with Crippen molar-refractivity contribution in [3.8, 4) is 0 Å². The third-order valence-corrected chi connectivity index (χ3v) is 3.30. The summed E-state index contributed by atoms with van der Waals surface area (Å²) in [5.41, 5.74) is 4.44. The molecule has 0 atom stereocenters. The second-order valence-electron chi connectivity index (χ2n) is 5.15. The van der Waals surface area contributed by atoms with Gasteiger partial charge in [-0.2, -0.15) is 0 Å². The van der Waals surface area contributed by atoms with Gasteiger partial charge in [0.05, 0.1) is 11.9 Å². The van der Waals surface area contributed by atoms with Crippen LogP contribution in [0, 0.1) is 13.8 Å². The first-order valence-electron chi connectivity index (χ1n) is 7.18. The fraction of sp³-hybridized carbons (Fsp3) is 0.294. The largest absolute Gasteiger partial charge is 0.354 e. The maximum Gasteiger partial charge on any atom is 0.225 e. The van der Waals surface area contributed by atoms with E-state index in [2.05, 4.69) is 41.6 Å². The molecule has 4 nitrogen and oxygen atoms in total. The van der Waals surface area contributed by atoms with Crippen LogP contribution in [0.1, 0.15) is 30.9 Å². The molecule has 110 valence electrons. The Kier molecular flexibility index (Phi) is 4.93. The van der Waals surface area contributed by atoms with E-state index in [1.165, 1.54) is 11.1 Å². The molecule has 0 radical (unpaired) electrons. The second-order valence-corrected chi connectivity index (χ2v) is 5.15. The van der Waals surface area contributed by atoms with Crippen LogP contribution >= 0.6 is 0 Å². The molecule has 0 bridgehead atoms. The van der Waals surface area contributed by atoms with Crippen molar-refractivity contribution in [2.75, 3.05) is 10.6 Å². The summed E-state index contributed by atoms with van der Waals surface area (Å²) in [5.74, 6) is 0.582. The Morgan fingerprint density at radius 1 is 1.10 bits per heavy atom. The summed E-state index contributed by atoms with van der Waals surface area (Å²) < 4.78 is 0. The number of aryl methyl sites for hydroxylation is 2. The first kappa shape index (κ1) is 15.0. The number of aromatic nitrogens is 1. The van der Waals surface area contributed by atoms with Gasteiger partial charge in [0, 0.05) is 12.1 Å². The third kappa shape index (κ3) is 4.31. The van der Waals surface area contributed by atoms with Gasteiger partial charge < -0.3 is 10.6 Å². The second kappa shape index (κ2) is 6.88. The lowest BCUT2D eigenvalue weighted by atomic mass is 10.1. The van der Waals surface area contributed by atoms with Crippen molar-refractivity contribution in [2.24, 2.45) is 0 Å². The van der Waals surface area contributed by atoms with Crippen LogP contribution in [0.4, 0.5) is 17.2 Å². The maximum atomic E-state index is 11.5. The van der Waals surface area contributed by atoms with E-state index >= 15 is 0 Å². The fourth-order valence-electron chi connectivity index (χ4n) is 1.96. The van der Waals surface area contributed by atoms with Crippen molar-refractivity contribution in [1.29, 1.82) is 0 Å². The molecule has 2 rings (SSSR count). The van der Waals surface area contributed by atoms with Gasteiger partial charge in [0.25, 0.3) is 0 Å². The van der Waals surface area contributed by atoms with Gasteiger partial charge in [0.2, 0.25) is 5.91 Å². The molecule has 2 N–H and O–H groups in total. The number of pyridine rings is 1. The number of amides is 1. The van der Waals surface area contributed by atoms with Crippen LogP contribution in [-0.2, 0) is 4.79 Å². The van der Waals surface area contributed by atoms with Crippen LogP contribution < -0.4 is 10.6 Å². The Morgan fingerprint density at radius 2 is 1.86 bits per heavy atom. The van der Waals surface area contributed by atoms with Crippen molar-refractivity contribution < 1.29 is 4.79 Å². The number of carbonyl (C=O) groups is 1. The Bertz CT molecular complexity index is 620. The van der Waals surface area contributed by atoms with E-state index in [0.717, 1.165) is 17.8 Å². The SMILES string of the molecule is CCCC(=O)Nc1ccc(Nc2ccc(C)c(C)c2)cn1. The van der Waals surface area contributed by atoms with Crippen LogP contribution in [0.5, 0.6) is 0 Å². The summed E-state index contributed by atoms with van der Waals surface area (Å²) in [4.78, 5) is 15.7. The topological polar surface area (TPSA) is 54.0 Å². The minimum absolute atomic E-state index is 0.000122. The van der Waals surface area contributed by atoms with Crippen molar-refractivity contribution in [2.45, 2.75) is 33.6 Å². The number of carbonyl (C=O) groups excluding carboxylic acids is 1. The van der Waals surface area contributed by atoms with Gasteiger partial charge in [-0.1, -0.05) is 13.0 Å². The Balaban J connectivity index is 2.01. The highest BCUT2D eigenvalue weighted by Crippen LogP contribution is 2.19. The number of nitrogens with zero attached hydrogens (tertiary/aromatic N) is 1. The van der Waals surface area contributed by atoms with Crippen LogP contribution in [0.3, 0.4) is 0 Å². The molecule has 0 aliphatic heterocycles. The summed E-state index contributed by atoms with van der Waals surface area (Å²) in [7, 11) is 0. The summed E-state index contributed by atoms with van der Waals surface area (Å²) in [6, 6.07) is 9.94. The molecule has 21 heavy (non-hydrogen) atoms. The predicted octanol–water partition coefficient (Wildman–Crippen LogP) is 4.18. The molecule has 1 aromatic heterocycles. The number of hydrogen-bond acceptors (Lipinski definition) is 3. The lowest BCUT2D eigenvalue weighted by molar-refractivity contribution is -0.116. The first-order chi connectivity index (χ1) is 10.1. The minimum atomic E-state index is -0.000122. The van der Waals surface area contributed by atoms with Gasteiger partial charge >= 0.3 is 0 Å². The van der Waals surface area contributed by atoms with Crippen molar-refractivity contribution in [1.82, 2.24) is 4.98 Å². The lowest BCUT2D eigenvalue weighted by Crippen LogP contribution is -2.11. The number of rotatable bonds is 5. The quantitative estimate of drug-likeness (QED) is 0.865. The number of anilines is 3. The van der Waals surface area contributed by atoms with Crippen LogP contribution in [0.25, 0.3) is 0 Å². The highest BCUT2D eigenvalue weighted by molar-refractivity contribution is 5.89. The zero-order valence-electron chi connectivity index (χ0n) is 12.7. The maximum absolute atomic E-state index is 11.5. The normalized spacial score (nSPS) is 10.2. The summed E-state index contributed by atoms with van der Waals surface area (Å²) in [6.07, 6.45) is 3.07. The molecule has 0 fully saturated rings. The molecule has 0 spiro atoms. The van der Waals surface area contributed by atoms with E-state index in [1.54, 1.807) is 12.3 Å². The average Bonchev–Trinajstić information content (AvgIpc) is 2.45. The van der Waals surface area contributed by atoms with Gasteiger partial charge in [0.15, 0.2) is 0 Å². The van der Waals surface area contributed by atoms with Crippen LogP contribution in [-0.4, -0.2) is 10.9 Å². The van der Waals surface area contributed by atoms with Crippen molar-refractivity contribution in [3.05, 3.63) is 47.7 Å². The number of hydrogen-bond donors (Lipinski definition) is 2. The number of nitrogens with one attached hydrogen (secondary N) is 2. The molecule has 4 heteroatoms. The lowest BCUT2D eigenvalue weighted by Gasteiger charge is -2.09. The smallest absolute Gasteiger partial charge is 0.225 e. The molecule has 2 aromatic rings. The van der Waals surface area contributed by atoms with Crippen molar-refractivity contribution >= 4 is 23.1 Å². The van der Waals surface area contributed by atoms with E-state index < -0.39 is 0 Å². The third-order valence-electron chi connectivity index (χ3n) is 3.30. The molecule has 1 amide bonds. The van der Waals surface area contributed by atoms with E-state index in [0.29, 0.717) is 12.2 Å². The summed E-state index contributed by atoms with van der Waals surface area (Å²) in [6.45, 7) is 6.16. The molecule has 0 unspecified atom stereocenters. The van der Waals surface area contributed by atoms with E-state index in [4.69, 9.17) is 0 Å². The average molecular weight is 283 g/mol. The van der Waals surface area contributed by atoms with Gasteiger partial charge in [-0.3, -0.25) is 4.79 Å². The molecule has 0 saturated carbocycles. The first-order valence-corrected chi connectivity index (χ1v) is 7.18. The fourth-order valence-corrected chi connectivity index (χ4v) is 1.96. The minimum Gasteiger partial charge on any atom is -0.354 e. The van der Waals surface area contributed by atoms with Gasteiger partial charge in [-0.05, 0) is 55.7 Å². The Morgan fingerprint density at radius 3 is 2.48 bits per heavy atom. The molecule has 0 aliphatic rings. The zero-order valence-corrected chi connectivity index (χ0v) is 12.7. The van der Waals surface area contributed by atoms with E-state index in [1.807, 2.05) is 19.1 Å². The standard InChI is InChI=1S/C17H21N3O/c1-4-5-17(21)20-16-9-8-15(11-18-16)19-14-7-6-12(2)13(3)10-14/h6-11,19H,4-5H2,1-3H3,(H,18,20,21). The monoisotopic (exact) mass is 283 g/mol. The predicted molar refractivity (Wildman–Crippen MR) is 87.0 cm³/mol. The summed E-state index contributed by atoms with van der Waals surface area (Å²) in [5, 5.41) is 6.08. The Hall–Kier alpha value is -2.36. The highest BCUT2D eigenvalue weighted by atomic mass is 16.1. The molecular formula is C17H21N3O. The highest BCUT2D eigenvalue weighted by Gasteiger charge is 2.02. The Labute approximate surface area is 125 Å². The molecular weight excluding hydrogens is 262 g/mol. The van der Waals surface area contributed by atoms with E-state index in [9.17, 15) is 4.79 Å². The molecule has 1 heterocycles. The summed E-state index contributed by atoms with van der Waals surface area (Å²) >= 11 is 0. The number of benzene rings is 1.